The van der Waals surface area contributed by atoms with Gasteiger partial charge in [0.05, 0.1) is 17.8 Å². The van der Waals surface area contributed by atoms with Crippen LogP contribution >= 0.6 is 12.2 Å². The van der Waals surface area contributed by atoms with Crippen LogP contribution in [0.25, 0.3) is 0 Å². The first kappa shape index (κ1) is 12.0. The van der Waals surface area contributed by atoms with Crippen LogP contribution < -0.4 is 10.6 Å². The molecule has 2 heterocycles. The first-order chi connectivity index (χ1) is 9.16. The van der Waals surface area contributed by atoms with Gasteiger partial charge >= 0.3 is 0 Å². The van der Waals surface area contributed by atoms with Gasteiger partial charge in [0.2, 0.25) is 0 Å². The number of benzene rings is 1. The fourth-order valence-electron chi connectivity index (χ4n) is 2.29. The van der Waals surface area contributed by atoms with Gasteiger partial charge in [-0.25, -0.2) is 4.39 Å². The summed E-state index contributed by atoms with van der Waals surface area (Å²) in [6, 6.07) is 4.85. The number of fused-ring (bicyclic) bond motifs is 1. The van der Waals surface area contributed by atoms with Gasteiger partial charge in [0.1, 0.15) is 17.1 Å². The lowest BCUT2D eigenvalue weighted by Crippen LogP contribution is -2.35. The zero-order valence-corrected chi connectivity index (χ0v) is 10.9. The predicted octanol–water partition coefficient (Wildman–Crippen LogP) is 1.07. The molecule has 98 valence electrons. The number of nitrogens with two attached hydrogens (primary N) is 1. The predicted molar refractivity (Wildman–Crippen MR) is 73.4 cm³/mol. The monoisotopic (exact) mass is 277 g/mol. The number of nitrogens with zero attached hydrogens (tertiary/aromatic N) is 4. The smallest absolute Gasteiger partial charge is 0.152 e. The van der Waals surface area contributed by atoms with E-state index in [9.17, 15) is 4.39 Å². The van der Waals surface area contributed by atoms with Crippen molar-refractivity contribution in [2.24, 2.45) is 5.73 Å². The van der Waals surface area contributed by atoms with Gasteiger partial charge in [0.15, 0.2) is 5.82 Å². The van der Waals surface area contributed by atoms with E-state index in [2.05, 4.69) is 10.2 Å². The van der Waals surface area contributed by atoms with Crippen molar-refractivity contribution >= 4 is 22.9 Å². The number of rotatable bonds is 2. The van der Waals surface area contributed by atoms with Crippen molar-refractivity contribution in [3.63, 3.8) is 0 Å². The van der Waals surface area contributed by atoms with Crippen LogP contribution in [-0.4, -0.2) is 26.3 Å². The van der Waals surface area contributed by atoms with Gasteiger partial charge in [-0.3, -0.25) is 0 Å². The van der Waals surface area contributed by atoms with Crippen molar-refractivity contribution in [1.29, 1.82) is 0 Å². The van der Waals surface area contributed by atoms with E-state index in [1.54, 1.807) is 12.4 Å². The Morgan fingerprint density at radius 1 is 1.37 bits per heavy atom. The zero-order valence-electron chi connectivity index (χ0n) is 10.1. The van der Waals surface area contributed by atoms with Gasteiger partial charge in [-0.2, -0.15) is 0 Å². The third kappa shape index (κ3) is 2.06. The molecule has 19 heavy (non-hydrogen) atoms. The lowest BCUT2D eigenvalue weighted by Gasteiger charge is -2.30. The Kier molecular flexibility index (Phi) is 2.90. The molecule has 3 rings (SSSR count). The minimum atomic E-state index is -0.392. The number of hydrogen-bond donors (Lipinski definition) is 1. The van der Waals surface area contributed by atoms with Crippen molar-refractivity contribution in [2.75, 3.05) is 11.4 Å². The van der Waals surface area contributed by atoms with Gasteiger partial charge in [-0.15, -0.1) is 10.2 Å². The number of aromatic nitrogens is 3. The van der Waals surface area contributed by atoms with E-state index < -0.39 is 5.82 Å². The summed E-state index contributed by atoms with van der Waals surface area (Å²) in [5, 5.41) is 7.91. The second-order valence-corrected chi connectivity index (χ2v) is 4.80. The highest BCUT2D eigenvalue weighted by Crippen LogP contribution is 2.26. The Morgan fingerprint density at radius 2 is 2.21 bits per heavy atom. The largest absolute Gasteiger partial charge is 0.389 e. The maximum absolute atomic E-state index is 13.9. The molecule has 0 amide bonds. The molecular weight excluding hydrogens is 265 g/mol. The van der Waals surface area contributed by atoms with Crippen LogP contribution in [0.1, 0.15) is 11.4 Å². The maximum Gasteiger partial charge on any atom is 0.152 e. The second-order valence-electron chi connectivity index (χ2n) is 4.36. The van der Waals surface area contributed by atoms with Gasteiger partial charge in [-0.05, 0) is 12.1 Å². The highest BCUT2D eigenvalue weighted by Gasteiger charge is 2.22. The highest BCUT2D eigenvalue weighted by atomic mass is 32.1. The van der Waals surface area contributed by atoms with Crippen molar-refractivity contribution in [1.82, 2.24) is 14.8 Å². The van der Waals surface area contributed by atoms with Gasteiger partial charge in [0.25, 0.3) is 0 Å². The van der Waals surface area contributed by atoms with Gasteiger partial charge in [-0.1, -0.05) is 18.3 Å². The van der Waals surface area contributed by atoms with Crippen molar-refractivity contribution < 1.29 is 4.39 Å². The fraction of sp³-hybridized carbons (Fsp3) is 0.250. The summed E-state index contributed by atoms with van der Waals surface area (Å²) < 4.78 is 15.8. The first-order valence-electron chi connectivity index (χ1n) is 5.87. The van der Waals surface area contributed by atoms with Crippen LogP contribution in [0.5, 0.6) is 0 Å². The Labute approximate surface area is 114 Å². The van der Waals surface area contributed by atoms with Gasteiger partial charge < -0.3 is 15.2 Å². The Hall–Kier alpha value is -2.02. The molecule has 1 aromatic carbocycles. The number of thiocarbonyl (C=S) groups is 1. The molecule has 2 N–H and O–H groups in total. The van der Waals surface area contributed by atoms with E-state index in [1.165, 1.54) is 6.07 Å². The molecule has 0 saturated carbocycles. The minimum absolute atomic E-state index is 0.0696. The quantitative estimate of drug-likeness (QED) is 0.832. The summed E-state index contributed by atoms with van der Waals surface area (Å²) in [7, 11) is 0. The Balaban J connectivity index is 2.00. The van der Waals surface area contributed by atoms with Crippen LogP contribution in [0.3, 0.4) is 0 Å². The molecule has 0 spiro atoms. The van der Waals surface area contributed by atoms with E-state index in [0.29, 0.717) is 17.8 Å². The van der Waals surface area contributed by atoms with E-state index >= 15 is 0 Å². The SMILES string of the molecule is NC(=S)c1c(F)cccc1N1CCn2cnnc2C1. The molecule has 1 aliphatic rings. The summed E-state index contributed by atoms with van der Waals surface area (Å²) in [6.45, 7) is 2.07. The zero-order chi connectivity index (χ0) is 13.4. The molecule has 5 nitrogen and oxygen atoms in total. The summed E-state index contributed by atoms with van der Waals surface area (Å²) in [6.07, 6.45) is 1.70. The first-order valence-corrected chi connectivity index (χ1v) is 6.27. The van der Waals surface area contributed by atoms with Crippen molar-refractivity contribution in [2.45, 2.75) is 13.1 Å². The van der Waals surface area contributed by atoms with Crippen LogP contribution in [0.4, 0.5) is 10.1 Å². The number of halogens is 1. The average Bonchev–Trinajstić information content (AvgIpc) is 2.85. The number of anilines is 1. The van der Waals surface area contributed by atoms with E-state index in [-0.39, 0.29) is 4.99 Å². The molecule has 0 radical (unpaired) electrons. The fourth-order valence-corrected chi connectivity index (χ4v) is 2.49. The molecule has 0 unspecified atom stereocenters. The van der Waals surface area contributed by atoms with Crippen LogP contribution in [-0.2, 0) is 13.1 Å². The molecule has 1 aromatic heterocycles. The molecule has 0 saturated heterocycles. The summed E-state index contributed by atoms with van der Waals surface area (Å²) in [5.41, 5.74) is 6.63. The van der Waals surface area contributed by atoms with Crippen molar-refractivity contribution in [3.05, 3.63) is 41.7 Å². The molecule has 0 aliphatic carbocycles. The maximum atomic E-state index is 13.9. The molecular formula is C12H12FN5S. The summed E-state index contributed by atoms with van der Waals surface area (Å²) >= 11 is 4.95. The lowest BCUT2D eigenvalue weighted by atomic mass is 10.1. The van der Waals surface area contributed by atoms with Crippen molar-refractivity contribution in [3.8, 4) is 0 Å². The van der Waals surface area contributed by atoms with E-state index in [0.717, 1.165) is 18.9 Å². The van der Waals surface area contributed by atoms with Crippen LogP contribution in [0, 0.1) is 5.82 Å². The van der Waals surface area contributed by atoms with Crippen LogP contribution in [0.2, 0.25) is 0 Å². The molecule has 0 atom stereocenters. The van der Waals surface area contributed by atoms with E-state index in [1.807, 2.05) is 15.5 Å². The number of hydrogen-bond acceptors (Lipinski definition) is 4. The minimum Gasteiger partial charge on any atom is -0.389 e. The second kappa shape index (κ2) is 4.58. The summed E-state index contributed by atoms with van der Waals surface area (Å²) in [4.78, 5) is 2.09. The lowest BCUT2D eigenvalue weighted by molar-refractivity contribution is 0.557. The van der Waals surface area contributed by atoms with Gasteiger partial charge in [0, 0.05) is 13.1 Å². The molecule has 0 bridgehead atoms. The molecule has 2 aromatic rings. The molecule has 1 aliphatic heterocycles. The standard InChI is InChI=1S/C12H12FN5S/c13-8-2-1-3-9(11(8)12(14)19)17-4-5-18-7-15-16-10(18)6-17/h1-3,7H,4-6H2,(H2,14,19). The Morgan fingerprint density at radius 3 is 3.00 bits per heavy atom. The topological polar surface area (TPSA) is 60.0 Å². The summed E-state index contributed by atoms with van der Waals surface area (Å²) in [5.74, 6) is 0.460. The normalized spacial score (nSPS) is 14.3. The third-order valence-corrected chi connectivity index (χ3v) is 3.42. The van der Waals surface area contributed by atoms with Crippen LogP contribution in [0.15, 0.2) is 24.5 Å². The molecule has 0 fully saturated rings. The average molecular weight is 277 g/mol. The Bertz CT molecular complexity index is 639. The highest BCUT2D eigenvalue weighted by molar-refractivity contribution is 7.80. The molecule has 7 heteroatoms. The van der Waals surface area contributed by atoms with E-state index in [4.69, 9.17) is 18.0 Å². The third-order valence-electron chi connectivity index (χ3n) is 3.22.